The van der Waals surface area contributed by atoms with Crippen LogP contribution in [0.4, 0.5) is 9.59 Å². The quantitative estimate of drug-likeness (QED) is 0.0224. The summed E-state index contributed by atoms with van der Waals surface area (Å²) in [6, 6.07) is 0. The van der Waals surface area contributed by atoms with Crippen LogP contribution in [0.15, 0.2) is 11.6 Å². The molecule has 0 aromatic rings. The maximum Gasteiger partial charge on any atom is 0.431 e. The number of ether oxygens (including phenoxy) is 9. The summed E-state index contributed by atoms with van der Waals surface area (Å²) < 4.78 is 47.9. The number of rotatable bonds is 39. The SMILES string of the molecule is CCOCCC(=O)NCCNC(=O)O[C@H]1CC[C@@]2(C)C(=CC[C@H]3[C@@H]4CC[C@H]([C@H](C)CCCC(C)C)[C@@]4(C)CC[C@@H]32)C1.CCOCCOCCOCCNC(=O)CCOCCOCCOCCONC(=O)CONC(=O)OC(C)(C)C. The normalized spacial score (nSPS) is 23.5. The molecule has 3 fully saturated rings. The lowest BCUT2D eigenvalue weighted by atomic mass is 9.47. The summed E-state index contributed by atoms with van der Waals surface area (Å²) in [6.07, 6.45) is 15.9. The van der Waals surface area contributed by atoms with E-state index in [-0.39, 0.29) is 49.1 Å². The van der Waals surface area contributed by atoms with E-state index in [1.807, 2.05) is 19.3 Å². The summed E-state index contributed by atoms with van der Waals surface area (Å²) in [7, 11) is 0. The lowest BCUT2D eigenvalue weighted by Gasteiger charge is -2.58. The van der Waals surface area contributed by atoms with Crippen LogP contribution in [0.2, 0.25) is 0 Å². The van der Waals surface area contributed by atoms with E-state index in [4.69, 9.17) is 52.3 Å². The van der Waals surface area contributed by atoms with Crippen molar-refractivity contribution in [2.24, 2.45) is 46.3 Å². The third kappa shape index (κ3) is 28.1. The van der Waals surface area contributed by atoms with Gasteiger partial charge in [-0.25, -0.2) is 15.1 Å². The fraction of sp³-hybridized carbons (Fsp3) is 0.881. The van der Waals surface area contributed by atoms with Crippen LogP contribution >= 0.6 is 0 Å². The van der Waals surface area contributed by atoms with E-state index in [9.17, 15) is 24.0 Å². The first-order valence-corrected chi connectivity index (χ1v) is 30.1. The molecule has 21 heteroatoms. The largest absolute Gasteiger partial charge is 0.446 e. The molecule has 4 rings (SSSR count). The zero-order valence-electron chi connectivity index (χ0n) is 50.8. The maximum atomic E-state index is 12.5. The lowest BCUT2D eigenvalue weighted by molar-refractivity contribution is -0.142. The van der Waals surface area contributed by atoms with Gasteiger partial charge in [-0.15, -0.1) is 0 Å². The van der Waals surface area contributed by atoms with Gasteiger partial charge in [0.1, 0.15) is 11.7 Å². The minimum absolute atomic E-state index is 0.0527. The number of fused-ring (bicyclic) bond motifs is 5. The number of nitrogens with one attached hydrogen (secondary N) is 5. The molecule has 80 heavy (non-hydrogen) atoms. The van der Waals surface area contributed by atoms with E-state index in [0.29, 0.717) is 117 Å². The molecule has 464 valence electrons. The molecule has 21 nitrogen and oxygen atoms in total. The summed E-state index contributed by atoms with van der Waals surface area (Å²) in [5.74, 6) is 4.26. The monoisotopic (exact) mass is 1140 g/mol. The number of alkyl carbamates (subject to hydrolysis) is 1. The van der Waals surface area contributed by atoms with Gasteiger partial charge in [-0.3, -0.25) is 24.1 Å². The smallest absolute Gasteiger partial charge is 0.431 e. The third-order valence-electron chi connectivity index (χ3n) is 15.9. The molecule has 0 aromatic carbocycles. The van der Waals surface area contributed by atoms with Gasteiger partial charge < -0.3 is 58.6 Å². The van der Waals surface area contributed by atoms with Crippen LogP contribution < -0.4 is 26.9 Å². The van der Waals surface area contributed by atoms with Crippen LogP contribution in [0, 0.1) is 46.3 Å². The molecule has 4 aliphatic carbocycles. The van der Waals surface area contributed by atoms with Crippen molar-refractivity contribution in [1.82, 2.24) is 26.9 Å². The van der Waals surface area contributed by atoms with Gasteiger partial charge in [0.05, 0.1) is 85.9 Å². The lowest BCUT2D eigenvalue weighted by Crippen LogP contribution is -2.51. The number of amides is 5. The number of hydrogen-bond donors (Lipinski definition) is 5. The fourth-order valence-electron chi connectivity index (χ4n) is 12.1. The first-order valence-electron chi connectivity index (χ1n) is 30.1. The Morgan fingerprint density at radius 3 is 1.81 bits per heavy atom. The van der Waals surface area contributed by atoms with Crippen molar-refractivity contribution < 1.29 is 76.3 Å². The number of carbonyl (C=O) groups excluding carboxylic acids is 5. The van der Waals surface area contributed by atoms with Gasteiger partial charge in [0.25, 0.3) is 5.91 Å². The first-order chi connectivity index (χ1) is 38.3. The first kappa shape index (κ1) is 70.6. The van der Waals surface area contributed by atoms with Gasteiger partial charge >= 0.3 is 12.2 Å². The zero-order valence-corrected chi connectivity index (χ0v) is 50.8. The van der Waals surface area contributed by atoms with Gasteiger partial charge in [0, 0.05) is 52.1 Å². The van der Waals surface area contributed by atoms with Gasteiger partial charge in [-0.1, -0.05) is 65.5 Å². The van der Waals surface area contributed by atoms with Crippen LogP contribution in [-0.2, 0) is 66.7 Å². The number of allylic oxidation sites excluding steroid dienone is 1. The number of hydroxylamine groups is 2. The van der Waals surface area contributed by atoms with Crippen molar-refractivity contribution in [2.45, 2.75) is 164 Å². The molecule has 4 aliphatic rings. The molecule has 8 atom stereocenters. The molecule has 0 spiro atoms. The van der Waals surface area contributed by atoms with Crippen LogP contribution in [-0.4, -0.2) is 167 Å². The van der Waals surface area contributed by atoms with Crippen LogP contribution in [0.25, 0.3) is 0 Å². The Kier molecular flexibility index (Phi) is 35.1. The highest BCUT2D eigenvalue weighted by Crippen LogP contribution is 2.67. The standard InChI is InChI=1S/C35H60N2O4.C24H47N3O12/c1-7-40-22-17-32(38)36-20-21-37-33(39)41-27-15-18-34(5)26(23-27)11-12-28-30-14-13-29(25(4)10-8-9-24(2)3)35(30,6)19-16-31(28)34;1-5-31-10-11-34-15-13-33-9-7-25-21(28)6-8-32-12-14-35-16-17-36-18-19-37-26-22(29)20-38-27-23(30)39-24(2,3)4/h11,24-25,27-31H,7-10,12-23H2,1-6H3,(H,36,38)(H,37,39);5-20H2,1-4H3,(H,25,28)(H,26,29)(H,27,30)/t25-,27+,28+,29-,30+,31+,34+,35-;/m1./s1. The summed E-state index contributed by atoms with van der Waals surface area (Å²) in [4.78, 5) is 68.5. The minimum atomic E-state index is -0.800. The van der Waals surface area contributed by atoms with Crippen molar-refractivity contribution in [3.63, 3.8) is 0 Å². The van der Waals surface area contributed by atoms with Crippen molar-refractivity contribution in [2.75, 3.05) is 125 Å². The summed E-state index contributed by atoms with van der Waals surface area (Å²) in [5, 5.41) is 8.38. The van der Waals surface area contributed by atoms with Crippen LogP contribution in [0.5, 0.6) is 0 Å². The van der Waals surface area contributed by atoms with Crippen molar-refractivity contribution in [1.29, 1.82) is 0 Å². The predicted octanol–water partition coefficient (Wildman–Crippen LogP) is 7.78. The zero-order chi connectivity index (χ0) is 58.7. The second-order valence-corrected chi connectivity index (χ2v) is 23.4. The molecule has 5 N–H and O–H groups in total. The number of carbonyl (C=O) groups is 5. The summed E-state index contributed by atoms with van der Waals surface area (Å²) in [5.41, 5.74) is 5.78. The van der Waals surface area contributed by atoms with Crippen molar-refractivity contribution >= 4 is 29.9 Å². The molecule has 0 bridgehead atoms. The van der Waals surface area contributed by atoms with Crippen molar-refractivity contribution in [3.8, 4) is 0 Å². The molecule has 0 saturated heterocycles. The molecule has 0 aromatic heterocycles. The van der Waals surface area contributed by atoms with Crippen LogP contribution in [0.3, 0.4) is 0 Å². The van der Waals surface area contributed by atoms with E-state index in [2.05, 4.69) is 62.1 Å². The minimum Gasteiger partial charge on any atom is -0.446 e. The molecule has 3 saturated carbocycles. The van der Waals surface area contributed by atoms with Gasteiger partial charge in [0.2, 0.25) is 11.8 Å². The Morgan fingerprint density at radius 2 is 1.18 bits per heavy atom. The Hall–Kier alpha value is -3.67. The summed E-state index contributed by atoms with van der Waals surface area (Å²) in [6.45, 7) is 28.5. The Bertz CT molecular complexity index is 1790. The molecular formula is C59H107N5O16. The number of hydrogen-bond acceptors (Lipinski definition) is 16. The highest BCUT2D eigenvalue weighted by Gasteiger charge is 2.59. The van der Waals surface area contributed by atoms with Gasteiger partial charge in [0.15, 0.2) is 6.61 Å². The molecule has 0 radical (unpaired) electrons. The maximum absolute atomic E-state index is 12.5. The van der Waals surface area contributed by atoms with Crippen molar-refractivity contribution in [3.05, 3.63) is 11.6 Å². The molecule has 0 unspecified atom stereocenters. The highest BCUT2D eigenvalue weighted by molar-refractivity contribution is 5.77. The fourth-order valence-corrected chi connectivity index (χ4v) is 12.1. The Labute approximate surface area is 479 Å². The highest BCUT2D eigenvalue weighted by atomic mass is 16.7. The average molecular weight is 1140 g/mol. The Balaban J connectivity index is 0.000000421. The van der Waals surface area contributed by atoms with E-state index >= 15 is 0 Å². The van der Waals surface area contributed by atoms with Gasteiger partial charge in [-0.05, 0) is 126 Å². The molecule has 0 aliphatic heterocycles. The predicted molar refractivity (Wildman–Crippen MR) is 303 cm³/mol. The van der Waals surface area contributed by atoms with E-state index in [1.54, 1.807) is 26.3 Å². The average Bonchev–Trinajstić information content (AvgIpc) is 4.00. The molecule has 5 amide bonds. The second kappa shape index (κ2) is 39.7. The van der Waals surface area contributed by atoms with E-state index in [1.165, 1.54) is 51.4 Å². The van der Waals surface area contributed by atoms with Gasteiger partial charge in [-0.2, -0.15) is 5.48 Å². The second-order valence-electron chi connectivity index (χ2n) is 23.4. The Morgan fingerprint density at radius 1 is 0.600 bits per heavy atom. The van der Waals surface area contributed by atoms with Crippen LogP contribution in [0.1, 0.15) is 153 Å². The molecular weight excluding hydrogens is 1030 g/mol. The molecule has 0 heterocycles. The van der Waals surface area contributed by atoms with E-state index < -0.39 is 24.2 Å². The topological polar surface area (TPSA) is 247 Å². The van der Waals surface area contributed by atoms with E-state index in [0.717, 1.165) is 54.8 Å². The summed E-state index contributed by atoms with van der Waals surface area (Å²) >= 11 is 0. The third-order valence-corrected chi connectivity index (χ3v) is 15.9.